The number of nitrogens with zero attached hydrogens (tertiary/aromatic N) is 13. The van der Waals surface area contributed by atoms with E-state index in [9.17, 15) is 0 Å². The number of fused-ring (bicyclic) bond motifs is 18. The van der Waals surface area contributed by atoms with Gasteiger partial charge in [-0.2, -0.15) is 19.9 Å². The molecule has 13 heterocycles. The number of rotatable bonds is 8. The molecule has 10 aromatic carbocycles. The van der Waals surface area contributed by atoms with Crippen LogP contribution in [0.4, 0.5) is 0 Å². The van der Waals surface area contributed by atoms with E-state index in [0.717, 1.165) is 138 Å². The molecule has 0 N–H and O–H groups in total. The Balaban J connectivity index is 0.0000001000. The van der Waals surface area contributed by atoms with Crippen LogP contribution in [0.1, 0.15) is 0 Å². The fraction of sp³-hybridized carbons (Fsp3) is 0. The van der Waals surface area contributed by atoms with Gasteiger partial charge in [-0.15, -0.1) is 22.7 Å². The van der Waals surface area contributed by atoms with Crippen molar-refractivity contribution in [3.05, 3.63) is 297 Å². The van der Waals surface area contributed by atoms with Gasteiger partial charge in [0.05, 0.1) is 77.6 Å². The molecule has 17 nitrogen and oxygen atoms in total. The Kier molecular flexibility index (Phi) is 12.9. The lowest BCUT2D eigenvalue weighted by Gasteiger charge is -2.09. The third-order valence-electron chi connectivity index (χ3n) is 19.0. The predicted octanol–water partition coefficient (Wildman–Crippen LogP) is 21.1. The third-order valence-corrected chi connectivity index (χ3v) is 20.5. The van der Waals surface area contributed by atoms with Gasteiger partial charge in [-0.3, -0.25) is 26.4 Å². The Morgan fingerprint density at radius 2 is 0.461 bits per heavy atom. The molecule has 13 aromatic heterocycles. The molecule has 0 unspecified atom stereocenters. The van der Waals surface area contributed by atoms with Crippen molar-refractivity contribution in [1.29, 1.82) is 0 Å². The Morgan fingerprint density at radius 1 is 0.216 bits per heavy atom. The second-order valence-electron chi connectivity index (χ2n) is 25.0. The van der Waals surface area contributed by atoms with E-state index in [-0.39, 0.29) is 0 Å². The molecule has 23 aromatic rings. The largest absolute Gasteiger partial charge is 0.432 e. The summed E-state index contributed by atoms with van der Waals surface area (Å²) in [7, 11) is 0. The highest BCUT2D eigenvalue weighted by Crippen LogP contribution is 2.37. The van der Waals surface area contributed by atoms with Crippen LogP contribution in [0.3, 0.4) is 0 Å². The molecule has 0 atom stereocenters. The number of oxazole rings is 4. The molecule has 0 bridgehead atoms. The Morgan fingerprint density at radius 3 is 0.794 bits per heavy atom. The van der Waals surface area contributed by atoms with Crippen LogP contribution in [-0.4, -0.2) is 61.3 Å². The van der Waals surface area contributed by atoms with Crippen molar-refractivity contribution in [2.75, 3.05) is 0 Å². The van der Waals surface area contributed by atoms with Crippen molar-refractivity contribution in [2.24, 2.45) is 0 Å². The highest BCUT2D eigenvalue weighted by molar-refractivity contribution is 7.15. The van der Waals surface area contributed by atoms with Crippen LogP contribution in [-0.2, 0) is 0 Å². The van der Waals surface area contributed by atoms with Gasteiger partial charge in [0.1, 0.15) is 25.1 Å². The smallest absolute Gasteiger partial charge is 0.306 e. The molecule has 0 saturated heterocycles. The zero-order valence-corrected chi connectivity index (χ0v) is 55.2. The molecular formula is C83H49N13O4S2. The Labute approximate surface area is 584 Å². The maximum atomic E-state index is 5.46. The van der Waals surface area contributed by atoms with Gasteiger partial charge in [0.2, 0.25) is 0 Å². The fourth-order valence-electron chi connectivity index (χ4n) is 14.0. The van der Waals surface area contributed by atoms with Gasteiger partial charge in [-0.1, -0.05) is 115 Å². The molecule has 0 spiro atoms. The van der Waals surface area contributed by atoms with E-state index in [1.165, 1.54) is 27.8 Å². The number of hydrogen-bond donors (Lipinski definition) is 0. The molecule has 0 fully saturated rings. The van der Waals surface area contributed by atoms with E-state index < -0.39 is 0 Å². The van der Waals surface area contributed by atoms with E-state index in [0.29, 0.717) is 23.4 Å². The number of thiazole rings is 2. The summed E-state index contributed by atoms with van der Waals surface area (Å²) < 4.78 is 33.9. The van der Waals surface area contributed by atoms with Gasteiger partial charge in [0.25, 0.3) is 0 Å². The topological polar surface area (TPSA) is 169 Å². The normalized spacial score (nSPS) is 11.9. The number of pyridine rings is 1. The standard InChI is InChI=1S/C30H18N4OS.C29H17N5OS.C24H14N4O2/c1-3-19(15-21(5-1)23-7-9-25-27(17-23)33-11-13-35-29(33)31-25)20-4-2-6-22(16-20)24-8-10-26-28(18-24)34-12-14-36-30(34)32-26;1-3-18(19-7-9-24-26(16-19)33-11-13-35-28(33)31-24)15-20(4-1)22-5-2-6-23(30-22)21-8-10-25-27(17-21)34-12-14-36-29(34)32-25;1-2-15(17-4-6-19-21(13-17)27-8-10-29-23(27)25-19)12-16(3-1)18-5-7-20-22(14-18)28-9-11-30-24(28)26-20/h1-18H;1-17H;1-14H. The summed E-state index contributed by atoms with van der Waals surface area (Å²) >= 11 is 3.30. The monoisotopic (exact) mass is 1360 g/mol. The number of benzene rings is 10. The van der Waals surface area contributed by atoms with Crippen molar-refractivity contribution in [3.63, 3.8) is 0 Å². The zero-order chi connectivity index (χ0) is 66.9. The van der Waals surface area contributed by atoms with Crippen LogP contribution >= 0.6 is 22.7 Å². The van der Waals surface area contributed by atoms with Gasteiger partial charge in [0.15, 0.2) is 9.92 Å². The minimum Gasteiger partial charge on any atom is -0.432 e. The van der Waals surface area contributed by atoms with Crippen LogP contribution in [0.15, 0.2) is 315 Å². The quantitative estimate of drug-likeness (QED) is 0.142. The minimum atomic E-state index is 0.603. The van der Waals surface area contributed by atoms with Gasteiger partial charge >= 0.3 is 23.4 Å². The van der Waals surface area contributed by atoms with Crippen molar-refractivity contribution >= 4 is 122 Å². The molecule has 0 aliphatic rings. The van der Waals surface area contributed by atoms with E-state index in [1.54, 1.807) is 47.7 Å². The molecular weight excluding hydrogens is 1310 g/mol. The van der Waals surface area contributed by atoms with E-state index in [2.05, 4.69) is 258 Å². The van der Waals surface area contributed by atoms with Gasteiger partial charge < -0.3 is 17.7 Å². The van der Waals surface area contributed by atoms with E-state index in [1.807, 2.05) is 60.6 Å². The van der Waals surface area contributed by atoms with Gasteiger partial charge in [-0.25, -0.2) is 15.0 Å². The van der Waals surface area contributed by atoms with Crippen molar-refractivity contribution in [2.45, 2.75) is 0 Å². The first-order valence-electron chi connectivity index (χ1n) is 33.0. The van der Waals surface area contributed by atoms with Crippen molar-refractivity contribution in [3.8, 4) is 89.3 Å². The number of aromatic nitrogens is 13. The van der Waals surface area contributed by atoms with Crippen LogP contribution in [0.5, 0.6) is 0 Å². The lowest BCUT2D eigenvalue weighted by Crippen LogP contribution is -1.89. The molecule has 0 amide bonds. The first kappa shape index (κ1) is 57.3. The van der Waals surface area contributed by atoms with Crippen LogP contribution in [0, 0.1) is 0 Å². The summed E-state index contributed by atoms with van der Waals surface area (Å²) in [6, 6.07) is 78.7. The highest BCUT2D eigenvalue weighted by Gasteiger charge is 2.17. The van der Waals surface area contributed by atoms with Gasteiger partial charge in [-0.05, 0) is 176 Å². The molecule has 0 aliphatic heterocycles. The van der Waals surface area contributed by atoms with E-state index in [4.69, 9.17) is 32.6 Å². The molecule has 482 valence electrons. The summed E-state index contributed by atoms with van der Waals surface area (Å²) in [5.41, 5.74) is 30.0. The molecule has 19 heteroatoms. The Hall–Kier alpha value is -13.8. The zero-order valence-electron chi connectivity index (χ0n) is 53.6. The first-order chi connectivity index (χ1) is 50.4. The summed E-state index contributed by atoms with van der Waals surface area (Å²) in [6.07, 6.45) is 18.3. The molecule has 0 radical (unpaired) electrons. The third kappa shape index (κ3) is 9.70. The fourth-order valence-corrected chi connectivity index (χ4v) is 15.5. The SMILES string of the molecule is c1cc(-c2ccc3nc4occn4c3c2)cc(-c2ccc3nc4occn4c3c2)c1.c1cc(-c2ccc3nc4occn4c3c2)cc(-c2cccc(-c3ccc4nc5sccn5c4c3)n2)c1.c1cc(-c2cccc(-c3ccc4nc5sccn5c4c3)c2)cc(-c2ccc3nc4occn4c3c2)c1. The lowest BCUT2D eigenvalue weighted by atomic mass is 9.96. The Bertz CT molecular complexity index is 6490. The predicted molar refractivity (Wildman–Crippen MR) is 403 cm³/mol. The number of imidazole rings is 6. The maximum Gasteiger partial charge on any atom is 0.306 e. The average molecular weight is 1360 g/mol. The van der Waals surface area contributed by atoms with Gasteiger partial charge in [0, 0.05) is 59.1 Å². The molecule has 102 heavy (non-hydrogen) atoms. The number of hydrogen-bond acceptors (Lipinski definition) is 13. The van der Waals surface area contributed by atoms with Crippen LogP contribution < -0.4 is 0 Å². The minimum absolute atomic E-state index is 0.603. The average Bonchev–Trinajstić information content (AvgIpc) is 1.63. The second-order valence-corrected chi connectivity index (χ2v) is 26.7. The molecule has 23 rings (SSSR count). The molecule has 0 aliphatic carbocycles. The summed E-state index contributed by atoms with van der Waals surface area (Å²) in [5.74, 6) is 2.43. The van der Waals surface area contributed by atoms with Crippen molar-refractivity contribution in [1.82, 2.24) is 61.3 Å². The second kappa shape index (κ2) is 22.9. The molecule has 0 saturated carbocycles. The summed E-state index contributed by atoms with van der Waals surface area (Å²) in [4.78, 5) is 34.5. The van der Waals surface area contributed by atoms with Crippen LogP contribution in [0.2, 0.25) is 0 Å². The maximum absolute atomic E-state index is 5.46. The first-order valence-corrected chi connectivity index (χ1v) is 34.7. The van der Waals surface area contributed by atoms with E-state index >= 15 is 0 Å². The van der Waals surface area contributed by atoms with Crippen molar-refractivity contribution < 1.29 is 17.7 Å². The summed E-state index contributed by atoms with van der Waals surface area (Å²) in [6.45, 7) is 0. The van der Waals surface area contributed by atoms with Crippen LogP contribution in [0.25, 0.3) is 189 Å². The highest BCUT2D eigenvalue weighted by atomic mass is 32.1. The lowest BCUT2D eigenvalue weighted by molar-refractivity contribution is 0.596. The summed E-state index contributed by atoms with van der Waals surface area (Å²) in [5, 5.41) is 4.13.